The van der Waals surface area contributed by atoms with Gasteiger partial charge in [-0.1, -0.05) is 30.3 Å². The van der Waals surface area contributed by atoms with Crippen molar-refractivity contribution in [1.29, 1.82) is 0 Å². The van der Waals surface area contributed by atoms with Gasteiger partial charge in [0.15, 0.2) is 0 Å². The van der Waals surface area contributed by atoms with Crippen LogP contribution < -0.4 is 5.32 Å². The fraction of sp³-hybridized carbons (Fsp3) is 0.533. The molecule has 2 rings (SSSR count). The topological polar surface area (TPSA) is 47.6 Å². The lowest BCUT2D eigenvalue weighted by Gasteiger charge is -2.30. The second-order valence-corrected chi connectivity index (χ2v) is 4.70. The van der Waals surface area contributed by atoms with Crippen molar-refractivity contribution in [2.45, 2.75) is 25.9 Å². The zero-order valence-corrected chi connectivity index (χ0v) is 11.3. The van der Waals surface area contributed by atoms with Gasteiger partial charge in [-0.25, -0.2) is 0 Å². The van der Waals surface area contributed by atoms with E-state index in [4.69, 9.17) is 9.47 Å². The molecule has 1 saturated heterocycles. The highest BCUT2D eigenvalue weighted by Crippen LogP contribution is 2.18. The van der Waals surface area contributed by atoms with Crippen LogP contribution >= 0.6 is 0 Å². The lowest BCUT2D eigenvalue weighted by Crippen LogP contribution is -2.47. The number of ether oxygens (including phenoxy) is 2. The van der Waals surface area contributed by atoms with Crippen LogP contribution in [0.5, 0.6) is 0 Å². The molecule has 0 bridgehead atoms. The van der Waals surface area contributed by atoms with Gasteiger partial charge in [0.05, 0.1) is 19.1 Å². The van der Waals surface area contributed by atoms with Crippen molar-refractivity contribution >= 4 is 5.97 Å². The molecule has 0 aromatic heterocycles. The minimum Gasteiger partial charge on any atom is -0.466 e. The van der Waals surface area contributed by atoms with Gasteiger partial charge in [-0.2, -0.15) is 0 Å². The summed E-state index contributed by atoms with van der Waals surface area (Å²) < 4.78 is 10.6. The highest BCUT2D eigenvalue weighted by Gasteiger charge is 2.32. The number of carbonyl (C=O) groups is 1. The SMILES string of the molecule is CCOC(=O)[C@H]1CCOC[C@@H]1NCc1ccccc1. The number of carbonyl (C=O) groups excluding carboxylic acids is 1. The molecular weight excluding hydrogens is 242 g/mol. The molecule has 4 nitrogen and oxygen atoms in total. The maximum Gasteiger partial charge on any atom is 0.310 e. The fourth-order valence-electron chi connectivity index (χ4n) is 2.32. The Balaban J connectivity index is 1.90. The average molecular weight is 263 g/mol. The first-order chi connectivity index (χ1) is 9.31. The summed E-state index contributed by atoms with van der Waals surface area (Å²) in [7, 11) is 0. The van der Waals surface area contributed by atoms with Crippen LogP contribution in [-0.2, 0) is 20.8 Å². The molecule has 2 atom stereocenters. The number of rotatable bonds is 5. The summed E-state index contributed by atoms with van der Waals surface area (Å²) in [5.74, 6) is -0.214. The molecule has 104 valence electrons. The third-order valence-electron chi connectivity index (χ3n) is 3.36. The first-order valence-electron chi connectivity index (χ1n) is 6.83. The van der Waals surface area contributed by atoms with Crippen molar-refractivity contribution in [1.82, 2.24) is 5.32 Å². The van der Waals surface area contributed by atoms with Crippen molar-refractivity contribution in [3.05, 3.63) is 35.9 Å². The van der Waals surface area contributed by atoms with Crippen molar-refractivity contribution < 1.29 is 14.3 Å². The van der Waals surface area contributed by atoms with Crippen LogP contribution in [0.2, 0.25) is 0 Å². The Hall–Kier alpha value is -1.39. The molecule has 0 saturated carbocycles. The van der Waals surface area contributed by atoms with E-state index in [1.165, 1.54) is 5.56 Å². The van der Waals surface area contributed by atoms with Crippen molar-refractivity contribution in [3.63, 3.8) is 0 Å². The fourth-order valence-corrected chi connectivity index (χ4v) is 2.32. The van der Waals surface area contributed by atoms with Gasteiger partial charge in [-0.3, -0.25) is 4.79 Å². The Morgan fingerprint density at radius 1 is 1.42 bits per heavy atom. The summed E-state index contributed by atoms with van der Waals surface area (Å²) in [4.78, 5) is 11.9. The molecular formula is C15H21NO3. The highest BCUT2D eigenvalue weighted by atomic mass is 16.5. The number of hydrogen-bond acceptors (Lipinski definition) is 4. The van der Waals surface area contributed by atoms with Gasteiger partial charge in [0, 0.05) is 19.2 Å². The van der Waals surface area contributed by atoms with Gasteiger partial charge in [-0.05, 0) is 18.9 Å². The highest BCUT2D eigenvalue weighted by molar-refractivity contribution is 5.73. The molecule has 4 heteroatoms. The zero-order valence-electron chi connectivity index (χ0n) is 11.3. The van der Waals surface area contributed by atoms with Gasteiger partial charge < -0.3 is 14.8 Å². The molecule has 1 aromatic carbocycles. The Kier molecular flexibility index (Phi) is 5.36. The number of hydrogen-bond donors (Lipinski definition) is 1. The summed E-state index contributed by atoms with van der Waals surface area (Å²) in [6.07, 6.45) is 0.727. The van der Waals surface area contributed by atoms with Gasteiger partial charge in [0.1, 0.15) is 0 Å². The van der Waals surface area contributed by atoms with E-state index < -0.39 is 0 Å². The molecule has 1 aliphatic rings. The molecule has 19 heavy (non-hydrogen) atoms. The average Bonchev–Trinajstić information content (AvgIpc) is 2.47. The van der Waals surface area contributed by atoms with Crippen LogP contribution in [-0.4, -0.2) is 31.8 Å². The van der Waals surface area contributed by atoms with Crippen LogP contribution in [0.3, 0.4) is 0 Å². The quantitative estimate of drug-likeness (QED) is 0.822. The summed E-state index contributed by atoms with van der Waals surface area (Å²) in [5.41, 5.74) is 1.20. The largest absolute Gasteiger partial charge is 0.466 e. The van der Waals surface area contributed by atoms with Crippen molar-refractivity contribution in [3.8, 4) is 0 Å². The molecule has 0 amide bonds. The second-order valence-electron chi connectivity index (χ2n) is 4.70. The molecule has 1 aromatic rings. The second kappa shape index (κ2) is 7.26. The summed E-state index contributed by atoms with van der Waals surface area (Å²) in [6, 6.07) is 10.2. The predicted octanol–water partition coefficient (Wildman–Crippen LogP) is 1.74. The Bertz CT molecular complexity index is 394. The van der Waals surface area contributed by atoms with E-state index in [9.17, 15) is 4.79 Å². The lowest BCUT2D eigenvalue weighted by molar-refractivity contribution is -0.152. The van der Waals surface area contributed by atoms with Crippen LogP contribution in [0.25, 0.3) is 0 Å². The Labute approximate surface area is 114 Å². The van der Waals surface area contributed by atoms with Crippen LogP contribution in [0.4, 0.5) is 0 Å². The number of esters is 1. The molecule has 0 radical (unpaired) electrons. The molecule has 0 spiro atoms. The number of nitrogens with one attached hydrogen (secondary N) is 1. The molecule has 1 fully saturated rings. The van der Waals surface area contributed by atoms with E-state index in [2.05, 4.69) is 17.4 Å². The van der Waals surface area contributed by atoms with Crippen LogP contribution in [0.15, 0.2) is 30.3 Å². The van der Waals surface area contributed by atoms with Gasteiger partial charge in [0.25, 0.3) is 0 Å². The smallest absolute Gasteiger partial charge is 0.310 e. The number of benzene rings is 1. The Morgan fingerprint density at radius 3 is 2.95 bits per heavy atom. The summed E-state index contributed by atoms with van der Waals surface area (Å²) in [5, 5.41) is 3.40. The van der Waals surface area contributed by atoms with Crippen LogP contribution in [0.1, 0.15) is 18.9 Å². The van der Waals surface area contributed by atoms with Crippen molar-refractivity contribution in [2.75, 3.05) is 19.8 Å². The molecule has 0 aliphatic carbocycles. The predicted molar refractivity (Wildman–Crippen MR) is 72.6 cm³/mol. The van der Waals surface area contributed by atoms with E-state index in [0.29, 0.717) is 19.8 Å². The first-order valence-corrected chi connectivity index (χ1v) is 6.83. The standard InChI is InChI=1S/C15H21NO3/c1-2-19-15(17)13-8-9-18-11-14(13)16-10-12-6-4-3-5-7-12/h3-7,13-14,16H,2,8-11H2,1H3/t13-,14-/m0/s1. The zero-order chi connectivity index (χ0) is 13.5. The third kappa shape index (κ3) is 4.04. The van der Waals surface area contributed by atoms with Gasteiger partial charge >= 0.3 is 5.97 Å². The van der Waals surface area contributed by atoms with Gasteiger partial charge in [0.2, 0.25) is 0 Å². The summed E-state index contributed by atoms with van der Waals surface area (Å²) in [6.45, 7) is 4.21. The monoisotopic (exact) mass is 263 g/mol. The molecule has 0 unspecified atom stereocenters. The van der Waals surface area contributed by atoms with E-state index in [0.717, 1.165) is 13.0 Å². The lowest BCUT2D eigenvalue weighted by atomic mass is 9.94. The third-order valence-corrected chi connectivity index (χ3v) is 3.36. The maximum absolute atomic E-state index is 11.9. The summed E-state index contributed by atoms with van der Waals surface area (Å²) >= 11 is 0. The Morgan fingerprint density at radius 2 is 2.21 bits per heavy atom. The van der Waals surface area contributed by atoms with E-state index in [-0.39, 0.29) is 17.9 Å². The normalized spacial score (nSPS) is 23.0. The first kappa shape index (κ1) is 14.0. The minimum atomic E-state index is -0.114. The minimum absolute atomic E-state index is 0.0352. The molecule has 1 heterocycles. The van der Waals surface area contributed by atoms with E-state index in [1.54, 1.807) is 0 Å². The molecule has 1 aliphatic heterocycles. The van der Waals surface area contributed by atoms with E-state index >= 15 is 0 Å². The van der Waals surface area contributed by atoms with Crippen LogP contribution in [0, 0.1) is 5.92 Å². The van der Waals surface area contributed by atoms with Crippen molar-refractivity contribution in [2.24, 2.45) is 5.92 Å². The van der Waals surface area contributed by atoms with Gasteiger partial charge in [-0.15, -0.1) is 0 Å². The maximum atomic E-state index is 11.9. The van der Waals surface area contributed by atoms with E-state index in [1.807, 2.05) is 25.1 Å². The molecule has 1 N–H and O–H groups in total.